The summed E-state index contributed by atoms with van der Waals surface area (Å²) in [5.74, 6) is 3.25. The molecule has 0 saturated carbocycles. The number of rotatable bonds is 11. The van der Waals surface area contributed by atoms with Crippen LogP contribution in [0, 0.1) is 27.7 Å². The molecule has 1 atom stereocenters. The summed E-state index contributed by atoms with van der Waals surface area (Å²) < 4.78 is 25.7. The molecule has 0 aliphatic carbocycles. The molecule has 0 unspecified atom stereocenters. The summed E-state index contributed by atoms with van der Waals surface area (Å²) in [6.07, 6.45) is 4.66. The van der Waals surface area contributed by atoms with Crippen LogP contribution >= 0.6 is 0 Å². The van der Waals surface area contributed by atoms with E-state index in [1.54, 1.807) is 7.11 Å². The number of methoxy groups -OCH3 is 1. The average molecular weight is 524 g/mol. The molecule has 8 nitrogen and oxygen atoms in total. The van der Waals surface area contributed by atoms with E-state index in [2.05, 4.69) is 34.4 Å². The summed E-state index contributed by atoms with van der Waals surface area (Å²) in [5.41, 5.74) is 3.39. The van der Waals surface area contributed by atoms with Crippen LogP contribution in [0.5, 0.6) is 17.2 Å². The number of aryl methyl sites for hydroxylation is 4. The van der Waals surface area contributed by atoms with Gasteiger partial charge < -0.3 is 28.6 Å². The molecule has 1 saturated heterocycles. The van der Waals surface area contributed by atoms with Gasteiger partial charge in [0.1, 0.15) is 23.8 Å². The highest BCUT2D eigenvalue weighted by molar-refractivity contribution is 5.43. The topological polar surface area (TPSA) is 78.2 Å². The van der Waals surface area contributed by atoms with Crippen molar-refractivity contribution >= 4 is 0 Å². The third-order valence-electron chi connectivity index (χ3n) is 7.06. The second-order valence-electron chi connectivity index (χ2n) is 10.3. The van der Waals surface area contributed by atoms with Crippen LogP contribution in [0.25, 0.3) is 0 Å². The van der Waals surface area contributed by atoms with Crippen molar-refractivity contribution in [3.8, 4) is 17.2 Å². The van der Waals surface area contributed by atoms with Gasteiger partial charge in [0.05, 0.1) is 26.9 Å². The highest BCUT2D eigenvalue weighted by Gasteiger charge is 2.34. The lowest BCUT2D eigenvalue weighted by Gasteiger charge is -2.31. The minimum absolute atomic E-state index is 0.167. The molecule has 8 heteroatoms. The number of imidazole rings is 1. The predicted octanol–water partition coefficient (Wildman–Crippen LogP) is 4.24. The summed E-state index contributed by atoms with van der Waals surface area (Å²) in [6, 6.07) is 10.2. The van der Waals surface area contributed by atoms with Crippen LogP contribution in [0.4, 0.5) is 0 Å². The quantitative estimate of drug-likeness (QED) is 0.377. The first kappa shape index (κ1) is 28.0. The number of nitrogens with zero attached hydrogens (tertiary/aromatic N) is 3. The molecule has 1 aliphatic heterocycles. The number of β-amino-alcohol motifs (C(OH)–C–C–N with tert-alkyl or cyclic N) is 1. The van der Waals surface area contributed by atoms with Crippen molar-refractivity contribution < 1.29 is 24.1 Å². The van der Waals surface area contributed by atoms with Crippen LogP contribution in [0.3, 0.4) is 0 Å². The molecule has 206 valence electrons. The Hall–Kier alpha value is -3.07. The van der Waals surface area contributed by atoms with Gasteiger partial charge in [-0.2, -0.15) is 0 Å². The molecule has 0 amide bonds. The minimum Gasteiger partial charge on any atom is -0.493 e. The molecule has 0 bridgehead atoms. The maximum absolute atomic E-state index is 11.4. The Morgan fingerprint density at radius 1 is 1.05 bits per heavy atom. The first-order chi connectivity index (χ1) is 18.3. The largest absolute Gasteiger partial charge is 0.493 e. The van der Waals surface area contributed by atoms with Crippen LogP contribution in [0.1, 0.15) is 34.5 Å². The fourth-order valence-electron chi connectivity index (χ4n) is 4.83. The first-order valence-corrected chi connectivity index (χ1v) is 13.3. The molecule has 3 aromatic rings. The molecular formula is C30H41N3O5. The van der Waals surface area contributed by atoms with E-state index in [9.17, 15) is 5.11 Å². The standard InChI is InChI=1S/C30H41N3O5/c1-22-15-23(2)24(3)28(16-22)38-21-30(34)19-32(12-14-36-20-30)18-26-7-8-27(35-5)29(17-26)37-13-6-10-33-11-9-31-25(33)4/h7-9,11,15-17,34H,6,10,12-14,18-21H2,1-5H3/t30-/m0/s1. The van der Waals surface area contributed by atoms with E-state index in [-0.39, 0.29) is 13.2 Å². The van der Waals surface area contributed by atoms with Crippen LogP contribution in [-0.2, 0) is 17.8 Å². The fourth-order valence-corrected chi connectivity index (χ4v) is 4.83. The molecule has 0 radical (unpaired) electrons. The number of aliphatic hydroxyl groups is 1. The van der Waals surface area contributed by atoms with E-state index in [4.69, 9.17) is 18.9 Å². The van der Waals surface area contributed by atoms with Gasteiger partial charge in [-0.05, 0) is 74.6 Å². The second kappa shape index (κ2) is 12.7. The van der Waals surface area contributed by atoms with Gasteiger partial charge >= 0.3 is 0 Å². The van der Waals surface area contributed by atoms with Crippen molar-refractivity contribution in [1.82, 2.24) is 14.5 Å². The van der Waals surface area contributed by atoms with Gasteiger partial charge in [-0.25, -0.2) is 4.98 Å². The summed E-state index contributed by atoms with van der Waals surface area (Å²) in [6.45, 7) is 12.4. The molecule has 38 heavy (non-hydrogen) atoms. The number of benzene rings is 2. The molecule has 1 aromatic heterocycles. The monoisotopic (exact) mass is 523 g/mol. The van der Waals surface area contributed by atoms with Crippen molar-refractivity contribution in [2.45, 2.75) is 52.8 Å². The van der Waals surface area contributed by atoms with E-state index >= 15 is 0 Å². The van der Waals surface area contributed by atoms with Gasteiger partial charge in [-0.3, -0.25) is 4.90 Å². The van der Waals surface area contributed by atoms with Crippen molar-refractivity contribution in [2.24, 2.45) is 0 Å². The maximum atomic E-state index is 11.4. The van der Waals surface area contributed by atoms with E-state index in [1.165, 1.54) is 5.56 Å². The van der Waals surface area contributed by atoms with Gasteiger partial charge in [0, 0.05) is 38.6 Å². The smallest absolute Gasteiger partial charge is 0.161 e. The van der Waals surface area contributed by atoms with Crippen LogP contribution < -0.4 is 14.2 Å². The van der Waals surface area contributed by atoms with Crippen LogP contribution in [0.15, 0.2) is 42.7 Å². The third-order valence-corrected chi connectivity index (χ3v) is 7.06. The minimum atomic E-state index is -1.11. The summed E-state index contributed by atoms with van der Waals surface area (Å²) in [7, 11) is 1.65. The van der Waals surface area contributed by atoms with E-state index in [0.29, 0.717) is 32.1 Å². The lowest BCUT2D eigenvalue weighted by molar-refractivity contribution is -0.0648. The number of hydrogen-bond acceptors (Lipinski definition) is 7. The lowest BCUT2D eigenvalue weighted by atomic mass is 10.0. The fraction of sp³-hybridized carbons (Fsp3) is 0.500. The molecular weight excluding hydrogens is 482 g/mol. The molecule has 0 spiro atoms. The molecule has 2 aromatic carbocycles. The SMILES string of the molecule is COc1ccc(CN2CCOC[C@](O)(COc3cc(C)cc(C)c3C)C2)cc1OCCCn1ccnc1C. The maximum Gasteiger partial charge on any atom is 0.161 e. The zero-order valence-corrected chi connectivity index (χ0v) is 23.3. The Morgan fingerprint density at radius 3 is 2.66 bits per heavy atom. The highest BCUT2D eigenvalue weighted by Crippen LogP contribution is 2.30. The van der Waals surface area contributed by atoms with E-state index in [1.807, 2.05) is 50.5 Å². The van der Waals surface area contributed by atoms with Crippen molar-refractivity contribution in [1.29, 1.82) is 0 Å². The predicted molar refractivity (Wildman–Crippen MR) is 147 cm³/mol. The van der Waals surface area contributed by atoms with Gasteiger partial charge in [0.2, 0.25) is 0 Å². The van der Waals surface area contributed by atoms with Gasteiger partial charge in [0.15, 0.2) is 11.5 Å². The zero-order chi connectivity index (χ0) is 27.1. The Kier molecular flexibility index (Phi) is 9.31. The molecule has 1 N–H and O–H groups in total. The molecule has 2 heterocycles. The van der Waals surface area contributed by atoms with E-state index in [0.717, 1.165) is 53.5 Å². The number of ether oxygens (including phenoxy) is 4. The van der Waals surface area contributed by atoms with Crippen molar-refractivity contribution in [3.63, 3.8) is 0 Å². The van der Waals surface area contributed by atoms with Gasteiger partial charge in [0.25, 0.3) is 0 Å². The zero-order valence-electron chi connectivity index (χ0n) is 23.3. The number of aromatic nitrogens is 2. The van der Waals surface area contributed by atoms with Crippen LogP contribution in [-0.4, -0.2) is 71.8 Å². The number of hydrogen-bond donors (Lipinski definition) is 1. The van der Waals surface area contributed by atoms with Gasteiger partial charge in [-0.1, -0.05) is 12.1 Å². The molecule has 1 fully saturated rings. The average Bonchev–Trinajstić information content (AvgIpc) is 3.20. The highest BCUT2D eigenvalue weighted by atomic mass is 16.5. The Labute approximate surface area is 226 Å². The second-order valence-corrected chi connectivity index (χ2v) is 10.3. The molecule has 1 aliphatic rings. The molecule has 4 rings (SSSR count). The first-order valence-electron chi connectivity index (χ1n) is 13.3. The Balaban J connectivity index is 1.37. The van der Waals surface area contributed by atoms with Gasteiger partial charge in [-0.15, -0.1) is 0 Å². The van der Waals surface area contributed by atoms with Crippen molar-refractivity contribution in [3.05, 3.63) is 70.8 Å². The summed E-state index contributed by atoms with van der Waals surface area (Å²) in [5, 5.41) is 11.4. The Bertz CT molecular complexity index is 1210. The summed E-state index contributed by atoms with van der Waals surface area (Å²) in [4.78, 5) is 6.47. The summed E-state index contributed by atoms with van der Waals surface area (Å²) >= 11 is 0. The Morgan fingerprint density at radius 2 is 1.89 bits per heavy atom. The van der Waals surface area contributed by atoms with Crippen molar-refractivity contribution in [2.75, 3.05) is 46.6 Å². The van der Waals surface area contributed by atoms with Crippen LogP contribution in [0.2, 0.25) is 0 Å². The third kappa shape index (κ3) is 7.28. The van der Waals surface area contributed by atoms with E-state index < -0.39 is 5.60 Å². The normalized spacial score (nSPS) is 18.3. The lowest BCUT2D eigenvalue weighted by Crippen LogP contribution is -2.48.